The lowest BCUT2D eigenvalue weighted by Gasteiger charge is -2.32. The van der Waals surface area contributed by atoms with E-state index in [0.29, 0.717) is 24.3 Å². The molecule has 9 nitrogen and oxygen atoms in total. The Kier molecular flexibility index (Phi) is 7.26. The first-order chi connectivity index (χ1) is 14.8. The van der Waals surface area contributed by atoms with E-state index >= 15 is 0 Å². The maximum atomic E-state index is 12.2. The Morgan fingerprint density at radius 1 is 1.28 bits per heavy atom. The van der Waals surface area contributed by atoms with Crippen LogP contribution in [0.3, 0.4) is 0 Å². The molecule has 32 heavy (non-hydrogen) atoms. The Bertz CT molecular complexity index is 861. The number of hydrogen-bond acceptors (Lipinski definition) is 7. The molecule has 10 heteroatoms. The lowest BCUT2D eigenvalue weighted by Crippen LogP contribution is -2.41. The zero-order valence-corrected chi connectivity index (χ0v) is 20.5. The number of likely N-dealkylation sites (N-methyl/N-ethyl adjacent to an activating group) is 1. The van der Waals surface area contributed by atoms with Crippen molar-refractivity contribution in [3.63, 3.8) is 0 Å². The highest BCUT2D eigenvalue weighted by Gasteiger charge is 2.36. The standard InChI is InChI=1S/C22H34N2O7S/c1-22(2)11-15-9-18(24(26)27)17(10-19(15)31-22)16-13-29-20(30-14-16)12-23(3)21(25)28-7-8-32(4,5)6/h9-10,16,20H,7-8,11-14H2,1-6H3/t16-,20+. The third-order valence-electron chi connectivity index (χ3n) is 5.47. The third-order valence-corrected chi connectivity index (χ3v) is 6.86. The molecule has 1 amide bonds. The second kappa shape index (κ2) is 9.44. The highest BCUT2D eigenvalue weighted by atomic mass is 32.3. The Labute approximate surface area is 190 Å². The van der Waals surface area contributed by atoms with Crippen molar-refractivity contribution in [2.75, 3.05) is 57.9 Å². The minimum atomic E-state index is -0.727. The molecule has 0 bridgehead atoms. The van der Waals surface area contributed by atoms with Gasteiger partial charge in [0.25, 0.3) is 5.69 Å². The van der Waals surface area contributed by atoms with E-state index in [2.05, 4.69) is 18.8 Å². The Hall–Kier alpha value is -2.04. The van der Waals surface area contributed by atoms with Crippen LogP contribution in [0.25, 0.3) is 0 Å². The molecule has 0 unspecified atom stereocenters. The summed E-state index contributed by atoms with van der Waals surface area (Å²) >= 11 is 0. The van der Waals surface area contributed by atoms with Crippen molar-refractivity contribution in [3.8, 4) is 5.75 Å². The Balaban J connectivity index is 1.57. The minimum Gasteiger partial charge on any atom is -0.487 e. The van der Waals surface area contributed by atoms with Gasteiger partial charge < -0.3 is 23.8 Å². The number of hydrogen-bond donors (Lipinski definition) is 0. The van der Waals surface area contributed by atoms with Crippen LogP contribution in [0.2, 0.25) is 0 Å². The van der Waals surface area contributed by atoms with Crippen LogP contribution < -0.4 is 4.74 Å². The zero-order chi connectivity index (χ0) is 23.7. The summed E-state index contributed by atoms with van der Waals surface area (Å²) in [5.74, 6) is 1.24. The van der Waals surface area contributed by atoms with Gasteiger partial charge in [-0.1, -0.05) is 0 Å². The van der Waals surface area contributed by atoms with Crippen LogP contribution in [0.1, 0.15) is 30.9 Å². The summed E-state index contributed by atoms with van der Waals surface area (Å²) in [7, 11) is 0.907. The molecule has 180 valence electrons. The molecular weight excluding hydrogens is 436 g/mol. The number of carbonyl (C=O) groups excluding carboxylic acids is 1. The molecule has 1 saturated heterocycles. The van der Waals surface area contributed by atoms with E-state index in [1.165, 1.54) is 4.90 Å². The largest absolute Gasteiger partial charge is 0.487 e. The van der Waals surface area contributed by atoms with Gasteiger partial charge in [-0.15, -0.1) is 0 Å². The van der Waals surface area contributed by atoms with Gasteiger partial charge in [0.05, 0.1) is 24.7 Å². The SMILES string of the molecule is CN(C[C@H]1OC[C@@H](c2cc3c(cc2[N+](=O)[O-])CC(C)(C)O3)CO1)C(=O)OCCS(C)(C)C. The molecule has 0 N–H and O–H groups in total. The quantitative estimate of drug-likeness (QED) is 0.444. The average Bonchev–Trinajstić information content (AvgIpc) is 2.99. The fraction of sp³-hybridized carbons (Fsp3) is 0.682. The highest BCUT2D eigenvalue weighted by molar-refractivity contribution is 8.32. The van der Waals surface area contributed by atoms with E-state index in [1.54, 1.807) is 19.2 Å². The van der Waals surface area contributed by atoms with Gasteiger partial charge in [-0.25, -0.2) is 14.8 Å². The van der Waals surface area contributed by atoms with Gasteiger partial charge in [-0.3, -0.25) is 10.1 Å². The molecule has 0 saturated carbocycles. The second-order valence-electron chi connectivity index (χ2n) is 9.90. The van der Waals surface area contributed by atoms with Crippen LogP contribution in [0, 0.1) is 10.1 Å². The number of carbonyl (C=O) groups is 1. The molecule has 2 aliphatic heterocycles. The third kappa shape index (κ3) is 6.26. The molecule has 1 aromatic carbocycles. The number of nitro groups is 1. The minimum absolute atomic E-state index is 0.0578. The summed E-state index contributed by atoms with van der Waals surface area (Å²) in [5, 5.41) is 11.7. The predicted molar refractivity (Wildman–Crippen MR) is 124 cm³/mol. The number of fused-ring (bicyclic) bond motifs is 1. The average molecular weight is 471 g/mol. The normalized spacial score (nSPS) is 22.6. The monoisotopic (exact) mass is 470 g/mol. The van der Waals surface area contributed by atoms with Crippen molar-refractivity contribution in [1.82, 2.24) is 4.90 Å². The van der Waals surface area contributed by atoms with E-state index in [-0.39, 0.29) is 41.9 Å². The van der Waals surface area contributed by atoms with Crippen molar-refractivity contribution in [1.29, 1.82) is 0 Å². The maximum absolute atomic E-state index is 12.2. The molecule has 0 aromatic heterocycles. The van der Waals surface area contributed by atoms with Crippen molar-refractivity contribution < 1.29 is 28.7 Å². The van der Waals surface area contributed by atoms with Gasteiger partial charge in [0.15, 0.2) is 6.29 Å². The number of rotatable bonds is 7. The number of nitrogens with zero attached hydrogens (tertiary/aromatic N) is 2. The van der Waals surface area contributed by atoms with Gasteiger partial charge >= 0.3 is 6.09 Å². The summed E-state index contributed by atoms with van der Waals surface area (Å²) in [6.45, 7) is 5.03. The fourth-order valence-corrected chi connectivity index (χ4v) is 4.34. The molecule has 2 heterocycles. The molecule has 0 atom stereocenters. The number of amides is 1. The van der Waals surface area contributed by atoms with E-state index in [1.807, 2.05) is 13.8 Å². The van der Waals surface area contributed by atoms with Crippen LogP contribution in [0.5, 0.6) is 5.75 Å². The van der Waals surface area contributed by atoms with E-state index in [9.17, 15) is 14.9 Å². The van der Waals surface area contributed by atoms with Gasteiger partial charge in [0.1, 0.15) is 18.0 Å². The summed E-state index contributed by atoms with van der Waals surface area (Å²) in [6, 6.07) is 3.36. The predicted octanol–water partition coefficient (Wildman–Crippen LogP) is 3.53. The molecular formula is C22H34N2O7S. The molecule has 0 aliphatic carbocycles. The van der Waals surface area contributed by atoms with Gasteiger partial charge in [0.2, 0.25) is 0 Å². The van der Waals surface area contributed by atoms with Crippen molar-refractivity contribution in [3.05, 3.63) is 33.4 Å². The summed E-state index contributed by atoms with van der Waals surface area (Å²) in [6.07, 6.45) is 6.11. The lowest BCUT2D eigenvalue weighted by molar-refractivity contribution is -0.386. The first-order valence-electron chi connectivity index (χ1n) is 10.6. The molecule has 1 aromatic rings. The zero-order valence-electron chi connectivity index (χ0n) is 19.7. The van der Waals surface area contributed by atoms with Crippen molar-refractivity contribution in [2.24, 2.45) is 0 Å². The molecule has 0 radical (unpaired) electrons. The maximum Gasteiger partial charge on any atom is 0.409 e. The Morgan fingerprint density at radius 2 is 1.94 bits per heavy atom. The van der Waals surface area contributed by atoms with Gasteiger partial charge in [0, 0.05) is 42.3 Å². The van der Waals surface area contributed by atoms with Crippen LogP contribution in [-0.4, -0.2) is 85.7 Å². The van der Waals surface area contributed by atoms with E-state index in [4.69, 9.17) is 18.9 Å². The second-order valence-corrected chi connectivity index (χ2v) is 14.5. The summed E-state index contributed by atoms with van der Waals surface area (Å²) in [5.41, 5.74) is 1.06. The Morgan fingerprint density at radius 3 is 2.53 bits per heavy atom. The van der Waals surface area contributed by atoms with E-state index in [0.717, 1.165) is 11.3 Å². The smallest absolute Gasteiger partial charge is 0.409 e. The van der Waals surface area contributed by atoms with Crippen LogP contribution in [-0.2, 0) is 20.6 Å². The molecule has 0 spiro atoms. The fourth-order valence-electron chi connectivity index (χ4n) is 3.75. The van der Waals surface area contributed by atoms with Crippen molar-refractivity contribution in [2.45, 2.75) is 38.1 Å². The first-order valence-corrected chi connectivity index (χ1v) is 13.6. The highest BCUT2D eigenvalue weighted by Crippen LogP contribution is 2.42. The molecule has 1 fully saturated rings. The lowest BCUT2D eigenvalue weighted by atomic mass is 9.94. The van der Waals surface area contributed by atoms with Crippen LogP contribution in [0.15, 0.2) is 12.1 Å². The summed E-state index contributed by atoms with van der Waals surface area (Å²) < 4.78 is 22.9. The number of ether oxygens (including phenoxy) is 4. The van der Waals surface area contributed by atoms with Gasteiger partial charge in [-0.2, -0.15) is 0 Å². The van der Waals surface area contributed by atoms with Crippen molar-refractivity contribution >= 4 is 21.8 Å². The number of benzene rings is 1. The number of nitro benzene ring substituents is 1. The topological polar surface area (TPSA) is 100 Å². The van der Waals surface area contributed by atoms with Gasteiger partial charge in [-0.05, 0) is 38.7 Å². The van der Waals surface area contributed by atoms with Crippen LogP contribution in [0.4, 0.5) is 10.5 Å². The first kappa shape index (κ1) is 24.6. The van der Waals surface area contributed by atoms with Crippen LogP contribution >= 0.6 is 10.0 Å². The summed E-state index contributed by atoms with van der Waals surface area (Å²) in [4.78, 5) is 24.9. The molecule has 2 aliphatic rings. The molecule has 3 rings (SSSR count). The van der Waals surface area contributed by atoms with E-state index < -0.39 is 22.4 Å².